The highest BCUT2D eigenvalue weighted by atomic mass is 32.1. The Labute approximate surface area is 109 Å². The summed E-state index contributed by atoms with van der Waals surface area (Å²) in [5.41, 5.74) is 6.95. The van der Waals surface area contributed by atoms with E-state index in [0.29, 0.717) is 12.2 Å². The number of imide groups is 1. The van der Waals surface area contributed by atoms with Gasteiger partial charge in [-0.25, -0.2) is 0 Å². The monoisotopic (exact) mass is 264 g/mol. The Hall–Kier alpha value is -1.86. The number of pyridine rings is 1. The fraction of sp³-hybridized carbons (Fsp3) is 0.273. The van der Waals surface area contributed by atoms with E-state index in [1.54, 1.807) is 23.2 Å². The lowest BCUT2D eigenvalue weighted by molar-refractivity contribution is -0.136. The molecule has 1 aliphatic rings. The van der Waals surface area contributed by atoms with Crippen LogP contribution in [0.5, 0.6) is 0 Å². The molecule has 0 aromatic carbocycles. The number of hydrogen-bond acceptors (Lipinski definition) is 5. The molecule has 1 saturated heterocycles. The molecular weight excluding hydrogens is 252 g/mol. The normalized spacial score (nSPS) is 16.4. The Morgan fingerprint density at radius 2 is 2.11 bits per heavy atom. The average molecular weight is 264 g/mol. The number of nitrogens with two attached hydrogens (primary N) is 1. The molecule has 18 heavy (non-hydrogen) atoms. The predicted molar refractivity (Wildman–Crippen MR) is 68.6 cm³/mol. The van der Waals surface area contributed by atoms with Gasteiger partial charge in [0, 0.05) is 12.7 Å². The van der Waals surface area contributed by atoms with E-state index in [1.165, 1.54) is 0 Å². The van der Waals surface area contributed by atoms with Crippen molar-refractivity contribution in [3.8, 4) is 0 Å². The van der Waals surface area contributed by atoms with Gasteiger partial charge < -0.3 is 5.73 Å². The molecule has 0 bridgehead atoms. The molecule has 7 heteroatoms. The fourth-order valence-electron chi connectivity index (χ4n) is 1.77. The maximum Gasteiger partial charge on any atom is 0.240 e. The molecule has 0 unspecified atom stereocenters. The van der Waals surface area contributed by atoms with Crippen molar-refractivity contribution in [1.29, 1.82) is 0 Å². The van der Waals surface area contributed by atoms with Crippen molar-refractivity contribution < 1.29 is 9.59 Å². The van der Waals surface area contributed by atoms with Crippen molar-refractivity contribution in [2.45, 2.75) is 6.54 Å². The van der Waals surface area contributed by atoms with E-state index < -0.39 is 0 Å². The molecule has 6 nitrogen and oxygen atoms in total. The molecule has 1 aliphatic heterocycles. The van der Waals surface area contributed by atoms with Crippen molar-refractivity contribution >= 4 is 29.0 Å². The Balaban J connectivity index is 2.09. The number of piperazine rings is 1. The molecule has 0 spiro atoms. The van der Waals surface area contributed by atoms with Crippen LogP contribution >= 0.6 is 12.2 Å². The van der Waals surface area contributed by atoms with Crippen LogP contribution in [-0.2, 0) is 16.1 Å². The van der Waals surface area contributed by atoms with Gasteiger partial charge in [-0.3, -0.25) is 24.8 Å². The van der Waals surface area contributed by atoms with E-state index in [1.807, 2.05) is 0 Å². The zero-order chi connectivity index (χ0) is 13.1. The minimum Gasteiger partial charge on any atom is -0.388 e. The van der Waals surface area contributed by atoms with E-state index in [0.717, 1.165) is 5.56 Å². The minimum atomic E-state index is -0.283. The van der Waals surface area contributed by atoms with Crippen molar-refractivity contribution in [3.05, 3.63) is 29.6 Å². The maximum atomic E-state index is 11.2. The molecule has 0 atom stereocenters. The number of hydrogen-bond donors (Lipinski definition) is 2. The summed E-state index contributed by atoms with van der Waals surface area (Å²) in [6, 6.07) is 3.57. The van der Waals surface area contributed by atoms with Crippen molar-refractivity contribution in [1.82, 2.24) is 15.2 Å². The number of carbonyl (C=O) groups excluding carboxylic acids is 2. The molecule has 1 aromatic heterocycles. The maximum absolute atomic E-state index is 11.2. The third-order valence-electron chi connectivity index (χ3n) is 2.50. The van der Waals surface area contributed by atoms with E-state index in [-0.39, 0.29) is 29.9 Å². The number of aromatic nitrogens is 1. The first kappa shape index (κ1) is 12.6. The first-order valence-electron chi connectivity index (χ1n) is 5.34. The molecule has 3 N–H and O–H groups in total. The highest BCUT2D eigenvalue weighted by Gasteiger charge is 2.22. The molecule has 2 heterocycles. The van der Waals surface area contributed by atoms with Crippen LogP contribution < -0.4 is 11.1 Å². The lowest BCUT2D eigenvalue weighted by atomic mass is 10.2. The van der Waals surface area contributed by atoms with Gasteiger partial charge in [-0.05, 0) is 17.7 Å². The standard InChI is InChI=1S/C11H12N4O2S/c12-11(18)8-3-7(1-2-13-8)4-15-5-9(16)14-10(17)6-15/h1-3H,4-6H2,(H2,12,18)(H,14,16,17). The van der Waals surface area contributed by atoms with Crippen LogP contribution in [0, 0.1) is 0 Å². The van der Waals surface area contributed by atoms with Gasteiger partial charge in [0.25, 0.3) is 0 Å². The number of carbonyl (C=O) groups is 2. The van der Waals surface area contributed by atoms with Gasteiger partial charge in [0.05, 0.1) is 18.8 Å². The molecule has 2 amide bonds. The van der Waals surface area contributed by atoms with Crippen LogP contribution in [0.4, 0.5) is 0 Å². The van der Waals surface area contributed by atoms with Crippen molar-refractivity contribution in [3.63, 3.8) is 0 Å². The van der Waals surface area contributed by atoms with Crippen LogP contribution in [0.25, 0.3) is 0 Å². The summed E-state index contributed by atoms with van der Waals surface area (Å²) in [7, 11) is 0. The van der Waals surface area contributed by atoms with Crippen molar-refractivity contribution in [2.75, 3.05) is 13.1 Å². The van der Waals surface area contributed by atoms with Gasteiger partial charge in [-0.2, -0.15) is 0 Å². The van der Waals surface area contributed by atoms with E-state index in [4.69, 9.17) is 18.0 Å². The molecule has 94 valence electrons. The number of amides is 2. The van der Waals surface area contributed by atoms with Gasteiger partial charge in [-0.1, -0.05) is 12.2 Å². The largest absolute Gasteiger partial charge is 0.388 e. The summed E-state index contributed by atoms with van der Waals surface area (Å²) in [6.07, 6.45) is 1.61. The molecule has 2 rings (SSSR count). The van der Waals surface area contributed by atoms with Gasteiger partial charge in [0.15, 0.2) is 0 Å². The summed E-state index contributed by atoms with van der Waals surface area (Å²) in [4.78, 5) is 28.5. The number of thiocarbonyl (C=S) groups is 1. The zero-order valence-corrected chi connectivity index (χ0v) is 10.4. The smallest absolute Gasteiger partial charge is 0.240 e. The van der Waals surface area contributed by atoms with E-state index in [9.17, 15) is 9.59 Å². The summed E-state index contributed by atoms with van der Waals surface area (Å²) in [5.74, 6) is -0.565. The highest BCUT2D eigenvalue weighted by Crippen LogP contribution is 2.07. The topological polar surface area (TPSA) is 88.3 Å². The van der Waals surface area contributed by atoms with E-state index >= 15 is 0 Å². The molecule has 0 radical (unpaired) electrons. The average Bonchev–Trinajstić information content (AvgIpc) is 2.27. The second kappa shape index (κ2) is 5.19. The first-order valence-corrected chi connectivity index (χ1v) is 5.75. The summed E-state index contributed by atoms with van der Waals surface area (Å²) in [5, 5.41) is 2.25. The predicted octanol–water partition coefficient (Wildman–Crippen LogP) is -0.826. The quantitative estimate of drug-likeness (QED) is 0.547. The van der Waals surface area contributed by atoms with Gasteiger partial charge in [-0.15, -0.1) is 0 Å². The number of rotatable bonds is 3. The third-order valence-corrected chi connectivity index (χ3v) is 2.71. The third kappa shape index (κ3) is 3.08. The minimum absolute atomic E-state index is 0.205. The number of nitrogens with zero attached hydrogens (tertiary/aromatic N) is 2. The SMILES string of the molecule is NC(=S)c1cc(CN2CC(=O)NC(=O)C2)ccn1. The number of nitrogens with one attached hydrogen (secondary N) is 1. The Morgan fingerprint density at radius 1 is 1.44 bits per heavy atom. The molecule has 1 aromatic rings. The highest BCUT2D eigenvalue weighted by molar-refractivity contribution is 7.80. The lowest BCUT2D eigenvalue weighted by Crippen LogP contribution is -2.50. The lowest BCUT2D eigenvalue weighted by Gasteiger charge is -2.25. The Kier molecular flexibility index (Phi) is 3.63. The Morgan fingerprint density at radius 3 is 2.72 bits per heavy atom. The molecule has 0 aliphatic carbocycles. The van der Waals surface area contributed by atoms with E-state index in [2.05, 4.69) is 10.3 Å². The zero-order valence-electron chi connectivity index (χ0n) is 9.55. The second-order valence-corrected chi connectivity index (χ2v) is 4.47. The van der Waals surface area contributed by atoms with Gasteiger partial charge >= 0.3 is 0 Å². The van der Waals surface area contributed by atoms with Gasteiger partial charge in [0.2, 0.25) is 11.8 Å². The second-order valence-electron chi connectivity index (χ2n) is 4.03. The van der Waals surface area contributed by atoms with Crippen LogP contribution in [0.3, 0.4) is 0 Å². The molecule has 0 saturated carbocycles. The van der Waals surface area contributed by atoms with Crippen LogP contribution in [0.15, 0.2) is 18.3 Å². The van der Waals surface area contributed by atoms with Gasteiger partial charge in [0.1, 0.15) is 4.99 Å². The molecular formula is C11H12N4O2S. The van der Waals surface area contributed by atoms with Crippen LogP contribution in [0.1, 0.15) is 11.3 Å². The fourth-order valence-corrected chi connectivity index (χ4v) is 1.89. The first-order chi connectivity index (χ1) is 8.54. The summed E-state index contributed by atoms with van der Waals surface area (Å²) in [6.45, 7) is 0.893. The van der Waals surface area contributed by atoms with Crippen LogP contribution in [0.2, 0.25) is 0 Å². The summed E-state index contributed by atoms with van der Waals surface area (Å²) < 4.78 is 0. The molecule has 1 fully saturated rings. The van der Waals surface area contributed by atoms with Crippen molar-refractivity contribution in [2.24, 2.45) is 5.73 Å². The van der Waals surface area contributed by atoms with Crippen LogP contribution in [-0.4, -0.2) is 39.8 Å². The summed E-state index contributed by atoms with van der Waals surface area (Å²) >= 11 is 4.85. The Bertz CT molecular complexity index is 502.